The SMILES string of the molecule is CCCCN(CCCl)C(=O)c1cccc(Cl)c1. The highest BCUT2D eigenvalue weighted by Gasteiger charge is 2.14. The molecule has 2 nitrogen and oxygen atoms in total. The van der Waals surface area contributed by atoms with Crippen LogP contribution in [0, 0.1) is 0 Å². The van der Waals surface area contributed by atoms with Crippen LogP contribution in [0.1, 0.15) is 30.1 Å². The van der Waals surface area contributed by atoms with Crippen molar-refractivity contribution in [3.05, 3.63) is 34.9 Å². The first-order valence-corrected chi connectivity index (χ1v) is 6.71. The van der Waals surface area contributed by atoms with E-state index < -0.39 is 0 Å². The van der Waals surface area contributed by atoms with Crippen LogP contribution in [0.5, 0.6) is 0 Å². The van der Waals surface area contributed by atoms with Crippen molar-refractivity contribution >= 4 is 29.1 Å². The van der Waals surface area contributed by atoms with Crippen molar-refractivity contribution in [3.63, 3.8) is 0 Å². The Morgan fingerprint density at radius 3 is 2.71 bits per heavy atom. The number of alkyl halides is 1. The van der Waals surface area contributed by atoms with E-state index in [0.29, 0.717) is 23.0 Å². The van der Waals surface area contributed by atoms with Gasteiger partial charge in [0.15, 0.2) is 0 Å². The maximum absolute atomic E-state index is 12.2. The number of hydrogen-bond donors (Lipinski definition) is 0. The molecular weight excluding hydrogens is 257 g/mol. The van der Waals surface area contributed by atoms with Crippen molar-refractivity contribution < 1.29 is 4.79 Å². The van der Waals surface area contributed by atoms with Gasteiger partial charge in [-0.3, -0.25) is 4.79 Å². The summed E-state index contributed by atoms with van der Waals surface area (Å²) >= 11 is 11.6. The number of rotatable bonds is 6. The van der Waals surface area contributed by atoms with Gasteiger partial charge in [0.2, 0.25) is 0 Å². The highest BCUT2D eigenvalue weighted by atomic mass is 35.5. The quantitative estimate of drug-likeness (QED) is 0.722. The van der Waals surface area contributed by atoms with E-state index in [1.54, 1.807) is 29.2 Å². The molecule has 0 fully saturated rings. The Morgan fingerprint density at radius 1 is 1.35 bits per heavy atom. The molecule has 0 atom stereocenters. The number of halogens is 2. The summed E-state index contributed by atoms with van der Waals surface area (Å²) in [4.78, 5) is 14.0. The van der Waals surface area contributed by atoms with Crippen molar-refractivity contribution in [2.24, 2.45) is 0 Å². The zero-order chi connectivity index (χ0) is 12.7. The molecule has 0 bridgehead atoms. The van der Waals surface area contributed by atoms with Crippen molar-refractivity contribution in [1.82, 2.24) is 4.90 Å². The van der Waals surface area contributed by atoms with Crippen LogP contribution in [0.15, 0.2) is 24.3 Å². The molecule has 0 aromatic heterocycles. The third-order valence-electron chi connectivity index (χ3n) is 2.49. The Kier molecular flexibility index (Phi) is 6.38. The molecule has 0 radical (unpaired) electrons. The van der Waals surface area contributed by atoms with Gasteiger partial charge in [0.05, 0.1) is 0 Å². The molecule has 1 amide bonds. The van der Waals surface area contributed by atoms with Gasteiger partial charge in [0.1, 0.15) is 0 Å². The number of benzene rings is 1. The van der Waals surface area contributed by atoms with Crippen LogP contribution in [0.4, 0.5) is 0 Å². The Hall–Kier alpha value is -0.730. The first kappa shape index (κ1) is 14.3. The van der Waals surface area contributed by atoms with Gasteiger partial charge in [-0.15, -0.1) is 11.6 Å². The summed E-state index contributed by atoms with van der Waals surface area (Å²) in [6.07, 6.45) is 2.05. The molecule has 17 heavy (non-hydrogen) atoms. The maximum Gasteiger partial charge on any atom is 0.253 e. The molecule has 0 spiro atoms. The molecule has 0 saturated heterocycles. The number of unbranched alkanes of at least 4 members (excludes halogenated alkanes) is 1. The van der Waals surface area contributed by atoms with Gasteiger partial charge in [0, 0.05) is 29.6 Å². The predicted octanol–water partition coefficient (Wildman–Crippen LogP) is 3.82. The van der Waals surface area contributed by atoms with Crippen LogP contribution in [-0.2, 0) is 0 Å². The van der Waals surface area contributed by atoms with E-state index in [1.807, 2.05) is 0 Å². The summed E-state index contributed by atoms with van der Waals surface area (Å²) in [5.74, 6) is 0.456. The number of hydrogen-bond acceptors (Lipinski definition) is 1. The molecule has 0 aliphatic heterocycles. The van der Waals surface area contributed by atoms with Gasteiger partial charge in [-0.25, -0.2) is 0 Å². The van der Waals surface area contributed by atoms with Crippen LogP contribution < -0.4 is 0 Å². The van der Waals surface area contributed by atoms with E-state index in [2.05, 4.69) is 6.92 Å². The Bertz CT molecular complexity index is 368. The second-order valence-electron chi connectivity index (χ2n) is 3.85. The van der Waals surface area contributed by atoms with Gasteiger partial charge in [-0.2, -0.15) is 0 Å². The van der Waals surface area contributed by atoms with Crippen LogP contribution >= 0.6 is 23.2 Å². The average molecular weight is 274 g/mol. The Labute approximate surface area is 113 Å². The van der Waals surface area contributed by atoms with Crippen molar-refractivity contribution in [2.75, 3.05) is 19.0 Å². The van der Waals surface area contributed by atoms with E-state index in [4.69, 9.17) is 23.2 Å². The highest BCUT2D eigenvalue weighted by molar-refractivity contribution is 6.30. The molecule has 0 heterocycles. The first-order chi connectivity index (χ1) is 8.19. The zero-order valence-corrected chi connectivity index (χ0v) is 11.5. The van der Waals surface area contributed by atoms with Gasteiger partial charge in [0.25, 0.3) is 5.91 Å². The fourth-order valence-electron chi connectivity index (χ4n) is 1.57. The molecule has 0 saturated carbocycles. The molecule has 1 aromatic rings. The lowest BCUT2D eigenvalue weighted by Crippen LogP contribution is -2.33. The van der Waals surface area contributed by atoms with E-state index in [1.165, 1.54) is 0 Å². The molecule has 94 valence electrons. The minimum Gasteiger partial charge on any atom is -0.337 e. The minimum absolute atomic E-state index is 0.00148. The van der Waals surface area contributed by atoms with Crippen molar-refractivity contribution in [2.45, 2.75) is 19.8 Å². The maximum atomic E-state index is 12.2. The third kappa shape index (κ3) is 4.57. The Balaban J connectivity index is 2.76. The van der Waals surface area contributed by atoms with Crippen LogP contribution in [0.3, 0.4) is 0 Å². The molecule has 1 aromatic carbocycles. The van der Waals surface area contributed by atoms with E-state index in [-0.39, 0.29) is 5.91 Å². The molecule has 1 rings (SSSR count). The van der Waals surface area contributed by atoms with Crippen LogP contribution in [0.25, 0.3) is 0 Å². The first-order valence-electron chi connectivity index (χ1n) is 5.79. The van der Waals surface area contributed by atoms with Gasteiger partial charge < -0.3 is 4.90 Å². The summed E-state index contributed by atoms with van der Waals surface area (Å²) < 4.78 is 0. The topological polar surface area (TPSA) is 20.3 Å². The number of amides is 1. The Morgan fingerprint density at radius 2 is 2.12 bits per heavy atom. The fraction of sp³-hybridized carbons (Fsp3) is 0.462. The highest BCUT2D eigenvalue weighted by Crippen LogP contribution is 2.13. The molecular formula is C13H17Cl2NO. The molecule has 0 aliphatic rings. The lowest BCUT2D eigenvalue weighted by molar-refractivity contribution is 0.0763. The molecule has 4 heteroatoms. The van der Waals surface area contributed by atoms with E-state index in [9.17, 15) is 4.79 Å². The summed E-state index contributed by atoms with van der Waals surface area (Å²) in [5.41, 5.74) is 0.624. The third-order valence-corrected chi connectivity index (χ3v) is 2.90. The van der Waals surface area contributed by atoms with Gasteiger partial charge in [-0.1, -0.05) is 31.0 Å². The molecule has 0 aliphatic carbocycles. The van der Waals surface area contributed by atoms with Crippen molar-refractivity contribution in [1.29, 1.82) is 0 Å². The summed E-state index contributed by atoms with van der Waals surface area (Å²) in [5, 5.41) is 0.581. The zero-order valence-electron chi connectivity index (χ0n) is 9.96. The van der Waals surface area contributed by atoms with Crippen molar-refractivity contribution in [3.8, 4) is 0 Å². The number of carbonyl (C=O) groups excluding carboxylic acids is 1. The normalized spacial score (nSPS) is 10.3. The monoisotopic (exact) mass is 273 g/mol. The second kappa shape index (κ2) is 7.57. The largest absolute Gasteiger partial charge is 0.337 e. The lowest BCUT2D eigenvalue weighted by Gasteiger charge is -2.21. The van der Waals surface area contributed by atoms with Gasteiger partial charge >= 0.3 is 0 Å². The second-order valence-corrected chi connectivity index (χ2v) is 4.66. The molecule has 0 N–H and O–H groups in total. The fourth-order valence-corrected chi connectivity index (χ4v) is 1.96. The summed E-state index contributed by atoms with van der Waals surface area (Å²) in [6, 6.07) is 7.02. The van der Waals surface area contributed by atoms with E-state index in [0.717, 1.165) is 19.4 Å². The molecule has 0 unspecified atom stereocenters. The average Bonchev–Trinajstić information content (AvgIpc) is 2.33. The lowest BCUT2D eigenvalue weighted by atomic mass is 10.2. The summed E-state index contributed by atoms with van der Waals surface area (Å²) in [7, 11) is 0. The smallest absolute Gasteiger partial charge is 0.253 e. The van der Waals surface area contributed by atoms with Crippen LogP contribution in [0.2, 0.25) is 5.02 Å². The standard InChI is InChI=1S/C13H17Cl2NO/c1-2-3-8-16(9-7-14)13(17)11-5-4-6-12(15)10-11/h4-6,10H,2-3,7-9H2,1H3. The number of nitrogens with zero attached hydrogens (tertiary/aromatic N) is 1. The predicted molar refractivity (Wildman–Crippen MR) is 73.0 cm³/mol. The minimum atomic E-state index is 0.00148. The number of carbonyl (C=O) groups is 1. The van der Waals surface area contributed by atoms with Gasteiger partial charge in [-0.05, 0) is 24.6 Å². The van der Waals surface area contributed by atoms with Crippen LogP contribution in [-0.4, -0.2) is 29.8 Å². The van der Waals surface area contributed by atoms with E-state index >= 15 is 0 Å². The summed E-state index contributed by atoms with van der Waals surface area (Å²) in [6.45, 7) is 3.42.